The first kappa shape index (κ1) is 20.1. The molecule has 4 aromatic heterocycles. The average Bonchev–Trinajstić information content (AvgIpc) is 3.38. The highest BCUT2D eigenvalue weighted by Crippen LogP contribution is 2.38. The van der Waals surface area contributed by atoms with Crippen molar-refractivity contribution in [2.24, 2.45) is 0 Å². The van der Waals surface area contributed by atoms with Crippen LogP contribution in [0, 0.1) is 6.92 Å². The number of rotatable bonds is 2. The normalized spacial score (nSPS) is 12.2. The number of fused-ring (bicyclic) bond motifs is 4. The zero-order valence-electron chi connectivity index (χ0n) is 19.1. The summed E-state index contributed by atoms with van der Waals surface area (Å²) in [4.78, 5) is 10.6. The van der Waals surface area contributed by atoms with Crippen LogP contribution in [-0.4, -0.2) is 9.97 Å². The summed E-state index contributed by atoms with van der Waals surface area (Å²) in [6, 6.07) is 23.7. The Morgan fingerprint density at radius 1 is 0.879 bits per heavy atom. The van der Waals surface area contributed by atoms with Crippen LogP contribution in [0.4, 0.5) is 0 Å². The van der Waals surface area contributed by atoms with Crippen LogP contribution in [0.2, 0.25) is 0 Å². The molecule has 2 aromatic carbocycles. The molecule has 0 N–H and O–H groups in total. The Hall–Kier alpha value is -3.50. The lowest BCUT2D eigenvalue weighted by Crippen LogP contribution is -2.10. The molecule has 0 amide bonds. The topological polar surface area (TPSA) is 38.9 Å². The van der Waals surface area contributed by atoms with Crippen LogP contribution in [0.5, 0.6) is 0 Å². The minimum atomic E-state index is 0.156. The molecule has 6 rings (SSSR count). The van der Waals surface area contributed by atoms with Crippen molar-refractivity contribution in [3.05, 3.63) is 84.2 Å². The Labute approximate surface area is 196 Å². The van der Waals surface area contributed by atoms with Gasteiger partial charge in [0.25, 0.3) is 0 Å². The molecule has 162 valence electrons. The molecule has 0 saturated heterocycles. The molecule has 0 saturated carbocycles. The van der Waals surface area contributed by atoms with Gasteiger partial charge in [-0.05, 0) is 53.8 Å². The minimum Gasteiger partial charge on any atom is -0.437 e. The van der Waals surface area contributed by atoms with E-state index in [0.717, 1.165) is 38.7 Å². The number of para-hydroxylation sites is 1. The molecular weight excluding hydrogens is 424 g/mol. The highest BCUT2D eigenvalue weighted by molar-refractivity contribution is 7.22. The number of furan rings is 1. The fraction of sp³-hybridized carbons (Fsp3) is 0.172. The molecule has 4 heterocycles. The summed E-state index contributed by atoms with van der Waals surface area (Å²) in [5.41, 5.74) is 7.12. The number of thiophene rings is 1. The van der Waals surface area contributed by atoms with Crippen molar-refractivity contribution in [1.29, 1.82) is 0 Å². The Morgan fingerprint density at radius 2 is 1.70 bits per heavy atom. The number of hydrogen-bond donors (Lipinski definition) is 0. The lowest BCUT2D eigenvalue weighted by Gasteiger charge is -2.18. The van der Waals surface area contributed by atoms with Crippen molar-refractivity contribution >= 4 is 43.5 Å². The minimum absolute atomic E-state index is 0.156. The van der Waals surface area contributed by atoms with Gasteiger partial charge in [-0.25, -0.2) is 4.98 Å². The van der Waals surface area contributed by atoms with Crippen LogP contribution in [-0.2, 0) is 5.41 Å². The monoisotopic (exact) mass is 448 g/mol. The van der Waals surface area contributed by atoms with Gasteiger partial charge in [-0.1, -0.05) is 57.2 Å². The summed E-state index contributed by atoms with van der Waals surface area (Å²) in [5, 5.41) is 3.27. The maximum atomic E-state index is 6.20. The smallest absolute Gasteiger partial charge is 0.227 e. The zero-order chi connectivity index (χ0) is 22.7. The Balaban J connectivity index is 1.44. The first-order valence-electron chi connectivity index (χ1n) is 11.2. The number of pyridine rings is 2. The van der Waals surface area contributed by atoms with Crippen molar-refractivity contribution in [1.82, 2.24) is 9.97 Å². The number of hydrogen-bond acceptors (Lipinski definition) is 4. The van der Waals surface area contributed by atoms with E-state index in [4.69, 9.17) is 9.40 Å². The van der Waals surface area contributed by atoms with E-state index in [2.05, 4.69) is 86.4 Å². The molecular formula is C29H24N2OS. The SMILES string of the molecule is Cc1ccc2c(n1)oc1c(-c3cc4sc(-c5ccc(C(C)(C)C)cc5)cc4cn3)cccc12. The fourth-order valence-electron chi connectivity index (χ4n) is 4.33. The van der Waals surface area contributed by atoms with Crippen molar-refractivity contribution in [2.45, 2.75) is 33.1 Å². The van der Waals surface area contributed by atoms with Crippen LogP contribution >= 0.6 is 11.3 Å². The third kappa shape index (κ3) is 3.42. The Bertz CT molecular complexity index is 1650. The standard InChI is InChI=1S/C29H24N2OS/c1-17-8-13-22-21-6-5-7-23(27(21)32-28(22)31-17)24-15-26-19(16-30-24)14-25(33-26)18-9-11-20(12-10-18)29(2,3)4/h5-16H,1-4H3. The van der Waals surface area contributed by atoms with Crippen LogP contribution in [0.25, 0.3) is 53.9 Å². The molecule has 4 heteroatoms. The second kappa shape index (κ2) is 7.26. The van der Waals surface area contributed by atoms with E-state index in [9.17, 15) is 0 Å². The van der Waals surface area contributed by atoms with E-state index in [0.29, 0.717) is 5.71 Å². The van der Waals surface area contributed by atoms with Gasteiger partial charge in [0.2, 0.25) is 5.71 Å². The third-order valence-electron chi connectivity index (χ3n) is 6.22. The molecule has 3 nitrogen and oxygen atoms in total. The zero-order valence-corrected chi connectivity index (χ0v) is 20.0. The van der Waals surface area contributed by atoms with E-state index in [-0.39, 0.29) is 5.41 Å². The van der Waals surface area contributed by atoms with E-state index in [1.807, 2.05) is 19.2 Å². The average molecular weight is 449 g/mol. The highest BCUT2D eigenvalue weighted by atomic mass is 32.1. The number of aryl methyl sites for hydroxylation is 1. The van der Waals surface area contributed by atoms with Gasteiger partial charge < -0.3 is 4.42 Å². The molecule has 0 bridgehead atoms. The van der Waals surface area contributed by atoms with Crippen molar-refractivity contribution < 1.29 is 4.42 Å². The van der Waals surface area contributed by atoms with Crippen molar-refractivity contribution in [2.75, 3.05) is 0 Å². The van der Waals surface area contributed by atoms with Gasteiger partial charge in [-0.2, -0.15) is 0 Å². The van der Waals surface area contributed by atoms with Crippen molar-refractivity contribution in [3.8, 4) is 21.7 Å². The van der Waals surface area contributed by atoms with E-state index >= 15 is 0 Å². The molecule has 0 radical (unpaired) electrons. The molecule has 0 aliphatic carbocycles. The summed E-state index contributed by atoms with van der Waals surface area (Å²) < 4.78 is 7.42. The van der Waals surface area contributed by atoms with Gasteiger partial charge in [-0.3, -0.25) is 4.98 Å². The molecule has 0 spiro atoms. The summed E-state index contributed by atoms with van der Waals surface area (Å²) >= 11 is 1.80. The number of aromatic nitrogens is 2. The second-order valence-electron chi connectivity index (χ2n) is 9.64. The largest absolute Gasteiger partial charge is 0.437 e. The summed E-state index contributed by atoms with van der Waals surface area (Å²) in [6.07, 6.45) is 1.97. The van der Waals surface area contributed by atoms with Gasteiger partial charge in [0.05, 0.1) is 5.69 Å². The van der Waals surface area contributed by atoms with Crippen molar-refractivity contribution in [3.63, 3.8) is 0 Å². The summed E-state index contributed by atoms with van der Waals surface area (Å²) in [6.45, 7) is 8.71. The maximum absolute atomic E-state index is 6.20. The molecule has 6 aromatic rings. The fourth-order valence-corrected chi connectivity index (χ4v) is 5.41. The van der Waals surface area contributed by atoms with E-state index in [1.165, 1.54) is 20.7 Å². The molecule has 0 fully saturated rings. The first-order chi connectivity index (χ1) is 15.9. The van der Waals surface area contributed by atoms with Gasteiger partial charge in [-0.15, -0.1) is 11.3 Å². The molecule has 0 aliphatic rings. The van der Waals surface area contributed by atoms with E-state index < -0.39 is 0 Å². The molecule has 0 atom stereocenters. The van der Waals surface area contributed by atoms with E-state index in [1.54, 1.807) is 11.3 Å². The summed E-state index contributed by atoms with van der Waals surface area (Å²) in [7, 11) is 0. The second-order valence-corrected chi connectivity index (χ2v) is 10.7. The highest BCUT2D eigenvalue weighted by Gasteiger charge is 2.16. The Morgan fingerprint density at radius 3 is 2.48 bits per heavy atom. The van der Waals surface area contributed by atoms with Crippen LogP contribution in [0.15, 0.2) is 77.3 Å². The van der Waals surface area contributed by atoms with Crippen LogP contribution in [0.3, 0.4) is 0 Å². The van der Waals surface area contributed by atoms with Gasteiger partial charge in [0.15, 0.2) is 0 Å². The number of benzene rings is 2. The molecule has 0 aliphatic heterocycles. The summed E-state index contributed by atoms with van der Waals surface area (Å²) in [5.74, 6) is 0. The lowest BCUT2D eigenvalue weighted by atomic mass is 9.86. The Kier molecular flexibility index (Phi) is 4.43. The molecule has 0 unspecified atom stereocenters. The predicted molar refractivity (Wildman–Crippen MR) is 139 cm³/mol. The van der Waals surface area contributed by atoms with Crippen LogP contribution < -0.4 is 0 Å². The van der Waals surface area contributed by atoms with Gasteiger partial charge in [0.1, 0.15) is 5.58 Å². The predicted octanol–water partition coefficient (Wildman–Crippen LogP) is 8.53. The van der Waals surface area contributed by atoms with Crippen LogP contribution in [0.1, 0.15) is 32.0 Å². The third-order valence-corrected chi connectivity index (χ3v) is 7.36. The first-order valence-corrected chi connectivity index (χ1v) is 12.0. The van der Waals surface area contributed by atoms with Gasteiger partial charge >= 0.3 is 0 Å². The quantitative estimate of drug-likeness (QED) is 0.266. The van der Waals surface area contributed by atoms with Gasteiger partial charge in [0, 0.05) is 43.2 Å². The number of nitrogens with zero attached hydrogens (tertiary/aromatic N) is 2. The lowest BCUT2D eigenvalue weighted by molar-refractivity contribution is 0.590. The molecule has 33 heavy (non-hydrogen) atoms. The maximum Gasteiger partial charge on any atom is 0.227 e.